The normalized spacial score (nSPS) is 25.9. The van der Waals surface area contributed by atoms with Crippen molar-refractivity contribution >= 4 is 0 Å². The van der Waals surface area contributed by atoms with Crippen LogP contribution in [0.15, 0.2) is 30.3 Å². The third-order valence-electron chi connectivity index (χ3n) is 3.65. The minimum atomic E-state index is 0.00630. The number of benzene rings is 1. The van der Waals surface area contributed by atoms with E-state index in [-0.39, 0.29) is 12.2 Å². The smallest absolute Gasteiger partial charge is 0.0950 e. The highest BCUT2D eigenvalue weighted by Gasteiger charge is 2.25. The van der Waals surface area contributed by atoms with Gasteiger partial charge in [0.15, 0.2) is 0 Å². The van der Waals surface area contributed by atoms with E-state index < -0.39 is 0 Å². The maximum Gasteiger partial charge on any atom is 0.0950 e. The van der Waals surface area contributed by atoms with E-state index in [1.165, 1.54) is 12.0 Å². The molecule has 0 amide bonds. The van der Waals surface area contributed by atoms with Gasteiger partial charge in [0, 0.05) is 13.7 Å². The molecule has 0 radical (unpaired) electrons. The molecule has 1 aromatic rings. The van der Waals surface area contributed by atoms with Crippen molar-refractivity contribution in [3.05, 3.63) is 35.9 Å². The van der Waals surface area contributed by atoms with Gasteiger partial charge in [0.1, 0.15) is 0 Å². The zero-order chi connectivity index (χ0) is 12.8. The molecule has 3 nitrogen and oxygen atoms in total. The Kier molecular flexibility index (Phi) is 5.17. The fraction of sp³-hybridized carbons (Fsp3) is 0.600. The molecule has 1 fully saturated rings. The number of methoxy groups -OCH3 is 1. The van der Waals surface area contributed by atoms with Crippen LogP contribution in [0, 0.1) is 0 Å². The topological polar surface area (TPSA) is 44.5 Å². The minimum Gasteiger partial charge on any atom is -0.381 e. The van der Waals surface area contributed by atoms with E-state index in [0.29, 0.717) is 12.6 Å². The minimum absolute atomic E-state index is 0.00630. The molecule has 1 saturated carbocycles. The Morgan fingerprint density at radius 3 is 2.61 bits per heavy atom. The zero-order valence-corrected chi connectivity index (χ0v) is 11.0. The van der Waals surface area contributed by atoms with Gasteiger partial charge in [-0.2, -0.15) is 0 Å². The fourth-order valence-electron chi connectivity index (χ4n) is 2.61. The van der Waals surface area contributed by atoms with Crippen LogP contribution in [0.25, 0.3) is 0 Å². The summed E-state index contributed by atoms with van der Waals surface area (Å²) in [6.45, 7) is 0.526. The highest BCUT2D eigenvalue weighted by molar-refractivity contribution is 5.17. The lowest BCUT2D eigenvalue weighted by Crippen LogP contribution is -2.30. The molecule has 0 aliphatic heterocycles. The SMILES string of the molecule is COC1CCCC(OC(CN)c2ccccc2)C1. The van der Waals surface area contributed by atoms with E-state index in [4.69, 9.17) is 15.2 Å². The standard InChI is InChI=1S/C15H23NO2/c1-17-13-8-5-9-14(10-13)18-15(11-16)12-6-3-2-4-7-12/h2-4,6-7,13-15H,5,8-11,16H2,1H3. The largest absolute Gasteiger partial charge is 0.381 e. The number of hydrogen-bond donors (Lipinski definition) is 1. The first-order valence-electron chi connectivity index (χ1n) is 6.76. The average molecular weight is 249 g/mol. The summed E-state index contributed by atoms with van der Waals surface area (Å²) < 4.78 is 11.6. The summed E-state index contributed by atoms with van der Waals surface area (Å²) in [7, 11) is 1.78. The molecule has 0 bridgehead atoms. The first-order chi connectivity index (χ1) is 8.83. The van der Waals surface area contributed by atoms with Crippen molar-refractivity contribution in [1.29, 1.82) is 0 Å². The molecule has 0 aromatic heterocycles. The molecule has 0 saturated heterocycles. The molecular weight excluding hydrogens is 226 g/mol. The Bertz CT molecular complexity index is 342. The monoisotopic (exact) mass is 249 g/mol. The van der Waals surface area contributed by atoms with Crippen LogP contribution in [0.2, 0.25) is 0 Å². The molecular formula is C15H23NO2. The molecule has 100 valence electrons. The number of nitrogens with two attached hydrogens (primary N) is 1. The van der Waals surface area contributed by atoms with Gasteiger partial charge in [-0.1, -0.05) is 30.3 Å². The van der Waals surface area contributed by atoms with Crippen molar-refractivity contribution in [2.24, 2.45) is 5.73 Å². The summed E-state index contributed by atoms with van der Waals surface area (Å²) in [6.07, 6.45) is 5.05. The van der Waals surface area contributed by atoms with Gasteiger partial charge in [-0.3, -0.25) is 0 Å². The zero-order valence-electron chi connectivity index (χ0n) is 11.0. The lowest BCUT2D eigenvalue weighted by Gasteiger charge is -2.31. The van der Waals surface area contributed by atoms with Gasteiger partial charge < -0.3 is 15.2 Å². The lowest BCUT2D eigenvalue weighted by molar-refractivity contribution is -0.0632. The molecule has 0 spiro atoms. The van der Waals surface area contributed by atoms with E-state index >= 15 is 0 Å². The second kappa shape index (κ2) is 6.88. The quantitative estimate of drug-likeness (QED) is 0.872. The Balaban J connectivity index is 1.94. The van der Waals surface area contributed by atoms with E-state index in [1.807, 2.05) is 18.2 Å². The van der Waals surface area contributed by atoms with Gasteiger partial charge in [-0.15, -0.1) is 0 Å². The summed E-state index contributed by atoms with van der Waals surface area (Å²) in [4.78, 5) is 0. The van der Waals surface area contributed by atoms with Crippen LogP contribution in [0.1, 0.15) is 37.4 Å². The maximum atomic E-state index is 6.15. The number of hydrogen-bond acceptors (Lipinski definition) is 3. The summed E-state index contributed by atoms with van der Waals surface area (Å²) >= 11 is 0. The molecule has 3 heteroatoms. The van der Waals surface area contributed by atoms with E-state index in [2.05, 4.69) is 12.1 Å². The van der Waals surface area contributed by atoms with Crippen molar-refractivity contribution < 1.29 is 9.47 Å². The van der Waals surface area contributed by atoms with Gasteiger partial charge in [0.2, 0.25) is 0 Å². The fourth-order valence-corrected chi connectivity index (χ4v) is 2.61. The Hall–Kier alpha value is -0.900. The summed E-state index contributed by atoms with van der Waals surface area (Å²) in [6, 6.07) is 10.2. The third-order valence-corrected chi connectivity index (χ3v) is 3.65. The van der Waals surface area contributed by atoms with Crippen LogP contribution in [0.4, 0.5) is 0 Å². The molecule has 3 unspecified atom stereocenters. The lowest BCUT2D eigenvalue weighted by atomic mass is 9.94. The Morgan fingerprint density at radius 1 is 1.22 bits per heavy atom. The summed E-state index contributed by atoms with van der Waals surface area (Å²) in [5.74, 6) is 0. The molecule has 2 N–H and O–H groups in total. The second-order valence-electron chi connectivity index (χ2n) is 4.92. The van der Waals surface area contributed by atoms with Crippen molar-refractivity contribution in [1.82, 2.24) is 0 Å². The average Bonchev–Trinajstić information content (AvgIpc) is 2.46. The van der Waals surface area contributed by atoms with Gasteiger partial charge in [0.05, 0.1) is 18.3 Å². The predicted molar refractivity (Wildman–Crippen MR) is 72.4 cm³/mol. The Labute approximate surface area is 109 Å². The first kappa shape index (κ1) is 13.5. The third kappa shape index (κ3) is 3.55. The number of rotatable bonds is 5. The van der Waals surface area contributed by atoms with E-state index in [9.17, 15) is 0 Å². The van der Waals surface area contributed by atoms with Crippen LogP contribution in [-0.2, 0) is 9.47 Å². The highest BCUT2D eigenvalue weighted by Crippen LogP contribution is 2.27. The van der Waals surface area contributed by atoms with E-state index in [1.54, 1.807) is 7.11 Å². The highest BCUT2D eigenvalue weighted by atomic mass is 16.5. The molecule has 18 heavy (non-hydrogen) atoms. The van der Waals surface area contributed by atoms with Crippen molar-refractivity contribution in [2.75, 3.05) is 13.7 Å². The second-order valence-corrected chi connectivity index (χ2v) is 4.92. The molecule has 2 rings (SSSR count). The van der Waals surface area contributed by atoms with Gasteiger partial charge >= 0.3 is 0 Å². The molecule has 1 aromatic carbocycles. The van der Waals surface area contributed by atoms with Crippen LogP contribution < -0.4 is 5.73 Å². The van der Waals surface area contributed by atoms with Crippen LogP contribution in [-0.4, -0.2) is 25.9 Å². The van der Waals surface area contributed by atoms with Crippen LogP contribution >= 0.6 is 0 Å². The van der Waals surface area contributed by atoms with Crippen molar-refractivity contribution in [2.45, 2.75) is 44.0 Å². The van der Waals surface area contributed by atoms with Crippen molar-refractivity contribution in [3.63, 3.8) is 0 Å². The molecule has 1 aliphatic carbocycles. The van der Waals surface area contributed by atoms with Crippen molar-refractivity contribution in [3.8, 4) is 0 Å². The van der Waals surface area contributed by atoms with Gasteiger partial charge in [0.25, 0.3) is 0 Å². The molecule has 0 heterocycles. The summed E-state index contributed by atoms with van der Waals surface area (Å²) in [5.41, 5.74) is 7.00. The van der Waals surface area contributed by atoms with Crippen LogP contribution in [0.5, 0.6) is 0 Å². The molecule has 3 atom stereocenters. The van der Waals surface area contributed by atoms with E-state index in [0.717, 1.165) is 19.3 Å². The Morgan fingerprint density at radius 2 is 1.94 bits per heavy atom. The van der Waals surface area contributed by atoms with Crippen LogP contribution in [0.3, 0.4) is 0 Å². The predicted octanol–water partition coefficient (Wildman–Crippen LogP) is 2.66. The van der Waals surface area contributed by atoms with Gasteiger partial charge in [-0.25, -0.2) is 0 Å². The van der Waals surface area contributed by atoms with Gasteiger partial charge in [-0.05, 0) is 31.2 Å². The maximum absolute atomic E-state index is 6.15. The first-order valence-corrected chi connectivity index (χ1v) is 6.76. The number of ether oxygens (including phenoxy) is 2. The molecule has 1 aliphatic rings. The summed E-state index contributed by atoms with van der Waals surface area (Å²) in [5, 5.41) is 0.